The second-order valence-corrected chi connectivity index (χ2v) is 5.84. The van der Waals surface area contributed by atoms with Crippen molar-refractivity contribution in [2.24, 2.45) is 0 Å². The van der Waals surface area contributed by atoms with Gasteiger partial charge >= 0.3 is 0 Å². The summed E-state index contributed by atoms with van der Waals surface area (Å²) in [6.07, 6.45) is 0.842. The highest BCUT2D eigenvalue weighted by Crippen LogP contribution is 2.35. The van der Waals surface area contributed by atoms with Gasteiger partial charge < -0.3 is 0 Å². The molecule has 2 aromatic carbocycles. The van der Waals surface area contributed by atoms with Crippen molar-refractivity contribution in [2.45, 2.75) is 13.3 Å². The van der Waals surface area contributed by atoms with Crippen LogP contribution < -0.4 is 4.90 Å². The number of rotatable bonds is 4. The molecule has 0 unspecified atom stereocenters. The summed E-state index contributed by atoms with van der Waals surface area (Å²) in [6.45, 7) is 2.01. The molecule has 0 saturated carbocycles. The number of aryl methyl sites for hydroxylation is 1. The van der Waals surface area contributed by atoms with Gasteiger partial charge in [-0.2, -0.15) is 0 Å². The Balaban J connectivity index is 1.97. The first kappa shape index (κ1) is 16.9. The number of carbonyl (C=O) groups is 2. The third kappa shape index (κ3) is 2.92. The number of non-ortho nitro benzene ring substituents is 1. The van der Waals surface area contributed by atoms with Crippen LogP contribution >= 0.6 is 11.6 Å². The molecule has 0 radical (unpaired) electrons. The second-order valence-electron chi connectivity index (χ2n) is 5.46. The molecule has 0 spiro atoms. The summed E-state index contributed by atoms with van der Waals surface area (Å²) in [4.78, 5) is 36.4. The Bertz CT molecular complexity index is 902. The molecule has 0 saturated heterocycles. The highest BCUT2D eigenvalue weighted by molar-refractivity contribution is 6.60. The first-order valence-electron chi connectivity index (χ1n) is 7.56. The van der Waals surface area contributed by atoms with Crippen LogP contribution in [-0.2, 0) is 16.0 Å². The number of amides is 2. The summed E-state index contributed by atoms with van der Waals surface area (Å²) in [5, 5.41) is 10.5. The first-order chi connectivity index (χ1) is 11.9. The quantitative estimate of drug-likeness (QED) is 0.475. The zero-order valence-electron chi connectivity index (χ0n) is 13.2. The van der Waals surface area contributed by atoms with Crippen LogP contribution in [0.3, 0.4) is 0 Å². The van der Waals surface area contributed by atoms with Gasteiger partial charge in [0.2, 0.25) is 0 Å². The molecule has 6 nitrogen and oxygen atoms in total. The standard InChI is InChI=1S/C18H13ClN2O4/c1-2-11-3-7-13(8-4-11)20-17(22)15(16(19)18(20)23)12-5-9-14(10-6-12)21(24)25/h3-10H,2H2,1H3. The fourth-order valence-corrected chi connectivity index (χ4v) is 2.89. The van der Waals surface area contributed by atoms with E-state index in [0.29, 0.717) is 11.3 Å². The maximum atomic E-state index is 12.7. The number of anilines is 1. The van der Waals surface area contributed by atoms with Gasteiger partial charge in [-0.3, -0.25) is 19.7 Å². The molecule has 0 fully saturated rings. The predicted molar refractivity (Wildman–Crippen MR) is 94.2 cm³/mol. The topological polar surface area (TPSA) is 80.5 Å². The van der Waals surface area contributed by atoms with Gasteiger partial charge in [-0.1, -0.05) is 30.7 Å². The van der Waals surface area contributed by atoms with Crippen molar-refractivity contribution in [1.29, 1.82) is 0 Å². The lowest BCUT2D eigenvalue weighted by Gasteiger charge is -2.15. The van der Waals surface area contributed by atoms with E-state index in [4.69, 9.17) is 11.6 Å². The summed E-state index contributed by atoms with van der Waals surface area (Å²) in [5.74, 6) is -1.16. The van der Waals surface area contributed by atoms with Crippen molar-refractivity contribution in [1.82, 2.24) is 0 Å². The number of imide groups is 1. The maximum absolute atomic E-state index is 12.7. The van der Waals surface area contributed by atoms with E-state index in [2.05, 4.69) is 0 Å². The molecular weight excluding hydrogens is 344 g/mol. The van der Waals surface area contributed by atoms with Crippen LogP contribution in [0.25, 0.3) is 5.57 Å². The number of hydrogen-bond donors (Lipinski definition) is 0. The Hall–Kier alpha value is -2.99. The van der Waals surface area contributed by atoms with Gasteiger partial charge in [-0.25, -0.2) is 4.90 Å². The van der Waals surface area contributed by atoms with Gasteiger partial charge in [0.05, 0.1) is 16.2 Å². The van der Waals surface area contributed by atoms with Gasteiger partial charge in [-0.05, 0) is 41.8 Å². The van der Waals surface area contributed by atoms with Gasteiger partial charge in [0.25, 0.3) is 17.5 Å². The van der Waals surface area contributed by atoms with Crippen molar-refractivity contribution >= 4 is 40.4 Å². The fraction of sp³-hybridized carbons (Fsp3) is 0.111. The molecule has 1 aliphatic heterocycles. The molecule has 0 aliphatic carbocycles. The Labute approximate surface area is 148 Å². The van der Waals surface area contributed by atoms with Crippen molar-refractivity contribution in [3.63, 3.8) is 0 Å². The summed E-state index contributed by atoms with van der Waals surface area (Å²) in [6, 6.07) is 12.4. The monoisotopic (exact) mass is 356 g/mol. The summed E-state index contributed by atoms with van der Waals surface area (Å²) < 4.78 is 0. The lowest BCUT2D eigenvalue weighted by atomic mass is 10.1. The van der Waals surface area contributed by atoms with Gasteiger partial charge in [0.1, 0.15) is 5.03 Å². The molecule has 1 heterocycles. The highest BCUT2D eigenvalue weighted by atomic mass is 35.5. The molecule has 0 aromatic heterocycles. The molecular formula is C18H13ClN2O4. The minimum Gasteiger partial charge on any atom is -0.268 e. The Morgan fingerprint density at radius 1 is 1.00 bits per heavy atom. The maximum Gasteiger partial charge on any atom is 0.277 e. The molecule has 0 bridgehead atoms. The molecule has 7 heteroatoms. The Kier molecular flexibility index (Phi) is 4.37. The number of nitrogens with zero attached hydrogens (tertiary/aromatic N) is 2. The number of halogens is 1. The number of benzene rings is 2. The first-order valence-corrected chi connectivity index (χ1v) is 7.94. The van der Waals surface area contributed by atoms with Crippen molar-refractivity contribution < 1.29 is 14.5 Å². The van der Waals surface area contributed by atoms with Crippen LogP contribution in [0.15, 0.2) is 53.6 Å². The summed E-state index contributed by atoms with van der Waals surface area (Å²) >= 11 is 6.10. The molecule has 25 heavy (non-hydrogen) atoms. The van der Waals surface area contributed by atoms with Crippen LogP contribution in [-0.4, -0.2) is 16.7 Å². The zero-order valence-corrected chi connectivity index (χ0v) is 14.0. The van der Waals surface area contributed by atoms with Gasteiger partial charge in [0.15, 0.2) is 0 Å². The van der Waals surface area contributed by atoms with Crippen LogP contribution in [0.2, 0.25) is 0 Å². The molecule has 2 aromatic rings. The van der Waals surface area contributed by atoms with E-state index in [1.807, 2.05) is 19.1 Å². The fourth-order valence-electron chi connectivity index (χ4n) is 2.62. The molecule has 2 amide bonds. The van der Waals surface area contributed by atoms with E-state index in [1.165, 1.54) is 24.3 Å². The van der Waals surface area contributed by atoms with E-state index in [1.54, 1.807) is 12.1 Å². The van der Waals surface area contributed by atoms with Gasteiger partial charge in [0, 0.05) is 12.1 Å². The molecule has 0 N–H and O–H groups in total. The lowest BCUT2D eigenvalue weighted by molar-refractivity contribution is -0.384. The largest absolute Gasteiger partial charge is 0.277 e. The zero-order chi connectivity index (χ0) is 18.1. The van der Waals surface area contributed by atoms with Crippen molar-refractivity contribution in [3.05, 3.63) is 74.8 Å². The minimum absolute atomic E-state index is 0.0427. The van der Waals surface area contributed by atoms with E-state index < -0.39 is 16.7 Å². The lowest BCUT2D eigenvalue weighted by Crippen LogP contribution is -2.31. The van der Waals surface area contributed by atoms with Crippen LogP contribution in [0, 0.1) is 10.1 Å². The van der Waals surface area contributed by atoms with E-state index >= 15 is 0 Å². The van der Waals surface area contributed by atoms with E-state index in [9.17, 15) is 19.7 Å². The predicted octanol–water partition coefficient (Wildman–Crippen LogP) is 3.68. The molecule has 3 rings (SSSR count). The number of hydrogen-bond acceptors (Lipinski definition) is 4. The third-order valence-electron chi connectivity index (χ3n) is 4.00. The van der Waals surface area contributed by atoms with E-state index in [0.717, 1.165) is 16.9 Å². The second kappa shape index (κ2) is 6.49. The van der Waals surface area contributed by atoms with Crippen molar-refractivity contribution in [3.8, 4) is 0 Å². The summed E-state index contributed by atoms with van der Waals surface area (Å²) in [5.41, 5.74) is 1.81. The Morgan fingerprint density at radius 3 is 2.12 bits per heavy atom. The van der Waals surface area contributed by atoms with Crippen LogP contribution in [0.1, 0.15) is 18.1 Å². The third-order valence-corrected chi connectivity index (χ3v) is 4.35. The molecule has 126 valence electrons. The molecule has 0 atom stereocenters. The van der Waals surface area contributed by atoms with E-state index in [-0.39, 0.29) is 16.3 Å². The molecule has 1 aliphatic rings. The number of carbonyl (C=O) groups excluding carboxylic acids is 2. The SMILES string of the molecule is CCc1ccc(N2C(=O)C(Cl)=C(c3ccc([N+](=O)[O-])cc3)C2=O)cc1. The smallest absolute Gasteiger partial charge is 0.268 e. The van der Waals surface area contributed by atoms with Crippen LogP contribution in [0.5, 0.6) is 0 Å². The van der Waals surface area contributed by atoms with Crippen molar-refractivity contribution in [2.75, 3.05) is 4.90 Å². The average Bonchev–Trinajstić information content (AvgIpc) is 2.84. The number of nitro groups is 1. The minimum atomic E-state index is -0.607. The number of nitro benzene ring substituents is 1. The van der Waals surface area contributed by atoms with Gasteiger partial charge in [-0.15, -0.1) is 0 Å². The van der Waals surface area contributed by atoms with Crippen LogP contribution in [0.4, 0.5) is 11.4 Å². The Morgan fingerprint density at radius 2 is 1.60 bits per heavy atom. The summed E-state index contributed by atoms with van der Waals surface area (Å²) in [7, 11) is 0. The average molecular weight is 357 g/mol. The highest BCUT2D eigenvalue weighted by Gasteiger charge is 2.39. The normalized spacial score (nSPS) is 14.4.